The fourth-order valence-electron chi connectivity index (χ4n) is 3.20. The number of aromatic nitrogens is 4. The molecule has 1 fully saturated rings. The van der Waals surface area contributed by atoms with Crippen molar-refractivity contribution in [3.63, 3.8) is 0 Å². The number of likely N-dealkylation sites (tertiary alicyclic amines) is 1. The van der Waals surface area contributed by atoms with Crippen LogP contribution in [-0.2, 0) is 26.6 Å². The van der Waals surface area contributed by atoms with Gasteiger partial charge in [-0.25, -0.2) is 0 Å². The fourth-order valence-corrected chi connectivity index (χ4v) is 3.20. The first-order valence-corrected chi connectivity index (χ1v) is 8.35. The summed E-state index contributed by atoms with van der Waals surface area (Å²) in [6.45, 7) is 5.90. The van der Waals surface area contributed by atoms with Gasteiger partial charge in [0, 0.05) is 44.4 Å². The fraction of sp³-hybridized carbons (Fsp3) is 0.688. The van der Waals surface area contributed by atoms with Gasteiger partial charge >= 0.3 is 0 Å². The molecule has 0 bridgehead atoms. The van der Waals surface area contributed by atoms with Crippen LogP contribution in [0.25, 0.3) is 0 Å². The summed E-state index contributed by atoms with van der Waals surface area (Å²) >= 11 is 0. The average molecular weight is 318 g/mol. The van der Waals surface area contributed by atoms with Crippen molar-refractivity contribution in [1.29, 1.82) is 0 Å². The van der Waals surface area contributed by atoms with E-state index >= 15 is 0 Å². The maximum Gasteiger partial charge on any atom is 0.226 e. The first kappa shape index (κ1) is 16.1. The third-order valence-electron chi connectivity index (χ3n) is 4.47. The van der Waals surface area contributed by atoms with Crippen molar-refractivity contribution < 1.29 is 4.52 Å². The summed E-state index contributed by atoms with van der Waals surface area (Å²) in [6, 6.07) is 0.557. The smallest absolute Gasteiger partial charge is 0.226 e. The third kappa shape index (κ3) is 4.17. The number of likely N-dealkylation sites (N-methyl/N-ethyl adjacent to an activating group) is 1. The van der Waals surface area contributed by atoms with Crippen LogP contribution < -0.4 is 0 Å². The van der Waals surface area contributed by atoms with E-state index in [4.69, 9.17) is 4.52 Å². The van der Waals surface area contributed by atoms with E-state index in [1.165, 1.54) is 18.4 Å². The van der Waals surface area contributed by atoms with E-state index in [2.05, 4.69) is 38.3 Å². The Bertz CT molecular complexity index is 622. The zero-order chi connectivity index (χ0) is 16.2. The maximum atomic E-state index is 5.20. The molecule has 0 radical (unpaired) electrons. The van der Waals surface area contributed by atoms with Crippen LogP contribution in [0, 0.1) is 0 Å². The lowest BCUT2D eigenvalue weighted by Gasteiger charge is -2.37. The van der Waals surface area contributed by atoms with Gasteiger partial charge in [0.05, 0.1) is 12.7 Å². The van der Waals surface area contributed by atoms with Gasteiger partial charge in [-0.05, 0) is 26.4 Å². The molecule has 3 rings (SSSR count). The monoisotopic (exact) mass is 318 g/mol. The molecule has 2 aromatic rings. The van der Waals surface area contributed by atoms with Gasteiger partial charge in [-0.2, -0.15) is 10.1 Å². The van der Waals surface area contributed by atoms with Gasteiger partial charge in [-0.1, -0.05) is 12.1 Å². The van der Waals surface area contributed by atoms with E-state index in [-0.39, 0.29) is 0 Å². The quantitative estimate of drug-likeness (QED) is 0.803. The molecule has 23 heavy (non-hydrogen) atoms. The van der Waals surface area contributed by atoms with Crippen molar-refractivity contribution in [1.82, 2.24) is 29.7 Å². The van der Waals surface area contributed by atoms with Crippen molar-refractivity contribution in [3.8, 4) is 0 Å². The van der Waals surface area contributed by atoms with Crippen LogP contribution in [0.2, 0.25) is 0 Å². The lowest BCUT2D eigenvalue weighted by atomic mass is 10.0. The second-order valence-corrected chi connectivity index (χ2v) is 6.43. The van der Waals surface area contributed by atoms with Crippen LogP contribution in [0.15, 0.2) is 16.9 Å². The number of nitrogens with zero attached hydrogens (tertiary/aromatic N) is 6. The van der Waals surface area contributed by atoms with Crippen LogP contribution in [0.3, 0.4) is 0 Å². The Labute approximate surface area is 137 Å². The highest BCUT2D eigenvalue weighted by Crippen LogP contribution is 2.18. The Morgan fingerprint density at radius 3 is 3.00 bits per heavy atom. The second kappa shape index (κ2) is 7.23. The summed E-state index contributed by atoms with van der Waals surface area (Å²) in [5, 5.41) is 8.32. The molecule has 0 unspecified atom stereocenters. The Morgan fingerprint density at radius 1 is 1.43 bits per heavy atom. The number of hydrogen-bond donors (Lipinski definition) is 0. The normalized spacial score (nSPS) is 19.6. The lowest BCUT2D eigenvalue weighted by molar-refractivity contribution is 0.105. The van der Waals surface area contributed by atoms with Crippen LogP contribution in [-0.4, -0.2) is 55.9 Å². The van der Waals surface area contributed by atoms with E-state index in [0.717, 1.165) is 44.3 Å². The summed E-state index contributed by atoms with van der Waals surface area (Å²) in [4.78, 5) is 9.28. The standard InChI is InChI=1S/C16H26N6O/c1-4-16-18-15(19-23-16)12-22-7-5-6-14(11-22)20(2)9-13-8-17-21(3)10-13/h8,10,14H,4-7,9,11-12H2,1-3H3/t14-/m0/s1. The molecule has 1 saturated heterocycles. The highest BCUT2D eigenvalue weighted by atomic mass is 16.5. The minimum atomic E-state index is 0.557. The molecule has 0 N–H and O–H groups in total. The van der Waals surface area contributed by atoms with Gasteiger partial charge in [0.25, 0.3) is 0 Å². The Hall–Kier alpha value is -1.73. The van der Waals surface area contributed by atoms with Gasteiger partial charge in [0.2, 0.25) is 5.89 Å². The van der Waals surface area contributed by atoms with Crippen molar-refractivity contribution in [2.45, 2.75) is 45.3 Å². The lowest BCUT2D eigenvalue weighted by Crippen LogP contribution is -2.45. The highest BCUT2D eigenvalue weighted by molar-refractivity contribution is 5.03. The van der Waals surface area contributed by atoms with E-state index < -0.39 is 0 Å². The molecule has 0 amide bonds. The molecule has 0 spiro atoms. The minimum absolute atomic E-state index is 0.557. The molecule has 0 aromatic carbocycles. The molecule has 1 atom stereocenters. The van der Waals surface area contributed by atoms with E-state index in [1.807, 2.05) is 24.9 Å². The molecule has 126 valence electrons. The van der Waals surface area contributed by atoms with Crippen LogP contribution >= 0.6 is 0 Å². The molecule has 7 nitrogen and oxygen atoms in total. The average Bonchev–Trinajstić information content (AvgIpc) is 3.16. The van der Waals surface area contributed by atoms with Crippen molar-refractivity contribution >= 4 is 0 Å². The second-order valence-electron chi connectivity index (χ2n) is 6.43. The van der Waals surface area contributed by atoms with Crippen LogP contribution in [0.5, 0.6) is 0 Å². The molecule has 0 saturated carbocycles. The summed E-state index contributed by atoms with van der Waals surface area (Å²) < 4.78 is 7.06. The summed E-state index contributed by atoms with van der Waals surface area (Å²) in [7, 11) is 4.16. The number of rotatable bonds is 6. The SMILES string of the molecule is CCc1nc(CN2CCC[C@H](N(C)Cc3cnn(C)c3)C2)no1. The van der Waals surface area contributed by atoms with E-state index in [0.29, 0.717) is 6.04 Å². The van der Waals surface area contributed by atoms with E-state index in [1.54, 1.807) is 0 Å². The van der Waals surface area contributed by atoms with Crippen molar-refractivity contribution in [2.75, 3.05) is 20.1 Å². The summed E-state index contributed by atoms with van der Waals surface area (Å²) in [6.07, 6.45) is 7.27. The summed E-state index contributed by atoms with van der Waals surface area (Å²) in [5.74, 6) is 1.53. The Morgan fingerprint density at radius 2 is 2.30 bits per heavy atom. The van der Waals surface area contributed by atoms with Gasteiger partial charge in [-0.15, -0.1) is 0 Å². The predicted molar refractivity (Wildman–Crippen MR) is 86.7 cm³/mol. The predicted octanol–water partition coefficient (Wildman–Crippen LogP) is 1.46. The van der Waals surface area contributed by atoms with Gasteiger partial charge in [0.1, 0.15) is 0 Å². The number of hydrogen-bond acceptors (Lipinski definition) is 6. The number of piperidine rings is 1. The van der Waals surface area contributed by atoms with Gasteiger partial charge < -0.3 is 4.52 Å². The van der Waals surface area contributed by atoms with Gasteiger partial charge in [-0.3, -0.25) is 14.5 Å². The first-order chi connectivity index (χ1) is 11.1. The van der Waals surface area contributed by atoms with E-state index in [9.17, 15) is 0 Å². The Balaban J connectivity index is 1.54. The first-order valence-electron chi connectivity index (χ1n) is 8.35. The number of aryl methyl sites for hydroxylation is 2. The molecule has 3 heterocycles. The largest absolute Gasteiger partial charge is 0.339 e. The topological polar surface area (TPSA) is 63.2 Å². The van der Waals surface area contributed by atoms with Gasteiger partial charge in [0.15, 0.2) is 5.82 Å². The van der Waals surface area contributed by atoms with Crippen molar-refractivity contribution in [3.05, 3.63) is 29.7 Å². The zero-order valence-corrected chi connectivity index (χ0v) is 14.3. The molecule has 7 heteroatoms. The molecular formula is C16H26N6O. The summed E-state index contributed by atoms with van der Waals surface area (Å²) in [5.41, 5.74) is 1.26. The molecule has 1 aliphatic heterocycles. The zero-order valence-electron chi connectivity index (χ0n) is 14.3. The molecular weight excluding hydrogens is 292 g/mol. The highest BCUT2D eigenvalue weighted by Gasteiger charge is 2.24. The Kier molecular flexibility index (Phi) is 5.07. The maximum absolute atomic E-state index is 5.20. The third-order valence-corrected chi connectivity index (χ3v) is 4.47. The van der Waals surface area contributed by atoms with Crippen LogP contribution in [0.1, 0.15) is 37.0 Å². The molecule has 2 aromatic heterocycles. The minimum Gasteiger partial charge on any atom is -0.339 e. The molecule has 1 aliphatic rings. The molecule has 0 aliphatic carbocycles. The van der Waals surface area contributed by atoms with Crippen LogP contribution in [0.4, 0.5) is 0 Å². The van der Waals surface area contributed by atoms with Crippen molar-refractivity contribution in [2.24, 2.45) is 7.05 Å².